The van der Waals surface area contributed by atoms with Crippen molar-refractivity contribution < 1.29 is 4.79 Å². The molecule has 0 aromatic heterocycles. The molecule has 3 rings (SSSR count). The van der Waals surface area contributed by atoms with Crippen LogP contribution in [0.2, 0.25) is 0 Å². The smallest absolute Gasteiger partial charge is 0.174 e. The van der Waals surface area contributed by atoms with Crippen LogP contribution in [0.25, 0.3) is 5.57 Å². The molecule has 1 heteroatoms. The van der Waals surface area contributed by atoms with Crippen LogP contribution < -0.4 is 0 Å². The molecule has 0 spiro atoms. The Kier molecular flexibility index (Phi) is 5.72. The number of rotatable bonds is 2. The van der Waals surface area contributed by atoms with Crippen molar-refractivity contribution in [2.75, 3.05) is 0 Å². The second-order valence-corrected chi connectivity index (χ2v) is 11.4. The van der Waals surface area contributed by atoms with Crippen LogP contribution in [0.1, 0.15) is 74.9 Å². The fraction of sp³-hybridized carbons (Fsp3) is 0.433. The van der Waals surface area contributed by atoms with E-state index in [-0.39, 0.29) is 16.6 Å². The maximum atomic E-state index is 14.3. The first-order chi connectivity index (χ1) is 14.2. The summed E-state index contributed by atoms with van der Waals surface area (Å²) in [6.07, 6.45) is 4.42. The van der Waals surface area contributed by atoms with Gasteiger partial charge in [0.15, 0.2) is 5.78 Å². The second-order valence-electron chi connectivity index (χ2n) is 11.4. The van der Waals surface area contributed by atoms with E-state index in [1.807, 2.05) is 0 Å². The number of ketones is 1. The van der Waals surface area contributed by atoms with Crippen LogP contribution >= 0.6 is 0 Å². The molecule has 0 heterocycles. The molecule has 0 N–H and O–H groups in total. The van der Waals surface area contributed by atoms with Crippen LogP contribution in [0.15, 0.2) is 54.1 Å². The molecule has 0 radical (unpaired) electrons. The van der Waals surface area contributed by atoms with E-state index in [0.717, 1.165) is 16.7 Å². The van der Waals surface area contributed by atoms with Crippen LogP contribution in [-0.4, -0.2) is 5.78 Å². The zero-order valence-electron chi connectivity index (χ0n) is 21.0. The van der Waals surface area contributed by atoms with E-state index in [1.54, 1.807) is 0 Å². The first kappa shape index (κ1) is 23.3. The van der Waals surface area contributed by atoms with Gasteiger partial charge in [-0.25, -0.2) is 0 Å². The van der Waals surface area contributed by atoms with Gasteiger partial charge in [0.1, 0.15) is 0 Å². The Morgan fingerprint density at radius 2 is 1.26 bits per heavy atom. The van der Waals surface area contributed by atoms with Crippen LogP contribution in [-0.2, 0) is 10.2 Å². The van der Waals surface area contributed by atoms with E-state index in [0.29, 0.717) is 0 Å². The summed E-state index contributed by atoms with van der Waals surface area (Å²) in [7, 11) is 0. The van der Waals surface area contributed by atoms with Gasteiger partial charge in [0.05, 0.1) is 5.41 Å². The Hall–Kier alpha value is -2.41. The molecule has 0 fully saturated rings. The number of carbonyl (C=O) groups is 1. The summed E-state index contributed by atoms with van der Waals surface area (Å²) in [4.78, 5) is 14.3. The molecule has 0 saturated heterocycles. The Bertz CT molecular complexity index is 1060. The monoisotopic (exact) mass is 414 g/mol. The predicted molar refractivity (Wildman–Crippen MR) is 133 cm³/mol. The van der Waals surface area contributed by atoms with Crippen molar-refractivity contribution >= 4 is 11.4 Å². The molecule has 31 heavy (non-hydrogen) atoms. The zero-order chi connectivity index (χ0) is 23.4. The third kappa shape index (κ3) is 3.95. The highest BCUT2D eigenvalue weighted by Gasteiger charge is 2.52. The molecular weight excluding hydrogens is 376 g/mol. The lowest BCUT2D eigenvalue weighted by molar-refractivity contribution is -0.123. The van der Waals surface area contributed by atoms with Crippen molar-refractivity contribution in [3.63, 3.8) is 0 Å². The number of hydrogen-bond donors (Lipinski definition) is 0. The highest BCUT2D eigenvalue weighted by atomic mass is 16.1. The lowest BCUT2D eigenvalue weighted by atomic mass is 9.54. The number of carbonyl (C=O) groups excluding carboxylic acids is 1. The summed E-state index contributed by atoms with van der Waals surface area (Å²) in [5.41, 5.74) is 8.12. The van der Waals surface area contributed by atoms with E-state index < -0.39 is 5.41 Å². The predicted octanol–water partition coefficient (Wildman–Crippen LogP) is 7.84. The molecule has 2 aromatic rings. The molecule has 0 bridgehead atoms. The number of aryl methyl sites for hydroxylation is 4. The summed E-state index contributed by atoms with van der Waals surface area (Å²) in [6.45, 7) is 21.6. The Morgan fingerprint density at radius 3 is 1.71 bits per heavy atom. The van der Waals surface area contributed by atoms with E-state index in [4.69, 9.17) is 0 Å². The first-order valence-corrected chi connectivity index (χ1v) is 11.3. The Labute approximate surface area is 189 Å². The van der Waals surface area contributed by atoms with Gasteiger partial charge in [-0.3, -0.25) is 4.79 Å². The molecule has 1 nitrogen and oxygen atoms in total. The summed E-state index contributed by atoms with van der Waals surface area (Å²) in [6, 6.07) is 13.0. The van der Waals surface area contributed by atoms with Crippen molar-refractivity contribution in [2.45, 2.75) is 74.7 Å². The lowest BCUT2D eigenvalue weighted by Crippen LogP contribution is -2.49. The van der Waals surface area contributed by atoms with Gasteiger partial charge in [0.2, 0.25) is 0 Å². The van der Waals surface area contributed by atoms with Gasteiger partial charge in [0.25, 0.3) is 0 Å². The topological polar surface area (TPSA) is 17.1 Å². The fourth-order valence-corrected chi connectivity index (χ4v) is 5.13. The zero-order valence-corrected chi connectivity index (χ0v) is 21.0. The molecule has 0 amide bonds. The van der Waals surface area contributed by atoms with Gasteiger partial charge in [-0.05, 0) is 72.4 Å². The number of hydrogen-bond acceptors (Lipinski definition) is 1. The van der Waals surface area contributed by atoms with Gasteiger partial charge in [-0.1, -0.05) is 95.1 Å². The molecule has 1 atom stereocenters. The van der Waals surface area contributed by atoms with Gasteiger partial charge in [-0.15, -0.1) is 0 Å². The minimum Gasteiger partial charge on any atom is -0.293 e. The normalized spacial score (nSPS) is 19.9. The van der Waals surface area contributed by atoms with E-state index in [1.165, 1.54) is 27.8 Å². The molecule has 1 aliphatic carbocycles. The summed E-state index contributed by atoms with van der Waals surface area (Å²) >= 11 is 0. The molecule has 164 valence electrons. The minimum absolute atomic E-state index is 0.225. The highest BCUT2D eigenvalue weighted by Crippen LogP contribution is 2.52. The van der Waals surface area contributed by atoms with E-state index >= 15 is 0 Å². The number of Topliss-reactive ketones (excluding diaryl/α,β-unsaturated/α-hetero) is 1. The van der Waals surface area contributed by atoms with Crippen molar-refractivity contribution in [1.82, 2.24) is 0 Å². The Balaban J connectivity index is 2.44. The third-order valence-electron chi connectivity index (χ3n) is 6.74. The van der Waals surface area contributed by atoms with Crippen molar-refractivity contribution in [2.24, 2.45) is 10.8 Å². The average molecular weight is 415 g/mol. The fourth-order valence-electron chi connectivity index (χ4n) is 5.13. The minimum atomic E-state index is -0.725. The first-order valence-electron chi connectivity index (χ1n) is 11.3. The van der Waals surface area contributed by atoms with Crippen LogP contribution in [0.5, 0.6) is 0 Å². The summed E-state index contributed by atoms with van der Waals surface area (Å²) < 4.78 is 0. The molecule has 1 aliphatic rings. The van der Waals surface area contributed by atoms with Crippen LogP contribution in [0.4, 0.5) is 0 Å². The molecular formula is C30H38O. The standard InChI is InChI=1S/C30H38O/c1-19-11-13-24(14-12-19)30(29(8,9)10)18-23(17-25(27(30)31)28(5,6)7)26-21(3)15-20(2)16-22(26)4/h11-18H,1-10H3. The average Bonchev–Trinajstić information content (AvgIpc) is 2.60. The molecule has 0 saturated carbocycles. The van der Waals surface area contributed by atoms with Gasteiger partial charge in [-0.2, -0.15) is 0 Å². The maximum Gasteiger partial charge on any atom is 0.174 e. The molecule has 1 unspecified atom stereocenters. The summed E-state index contributed by atoms with van der Waals surface area (Å²) in [5, 5.41) is 0. The van der Waals surface area contributed by atoms with Crippen molar-refractivity contribution in [1.29, 1.82) is 0 Å². The number of allylic oxidation sites excluding steroid dienone is 4. The van der Waals surface area contributed by atoms with Crippen LogP contribution in [0, 0.1) is 38.5 Å². The Morgan fingerprint density at radius 1 is 0.742 bits per heavy atom. The molecule has 2 aromatic carbocycles. The van der Waals surface area contributed by atoms with Crippen LogP contribution in [0.3, 0.4) is 0 Å². The molecule has 0 aliphatic heterocycles. The number of benzene rings is 2. The SMILES string of the molecule is Cc1ccc(C2(C(C)(C)C)C=C(c3c(C)cc(C)cc3C)C=C(C(C)(C)C)C2=O)cc1. The lowest BCUT2D eigenvalue weighted by Gasteiger charge is -2.46. The largest absolute Gasteiger partial charge is 0.293 e. The van der Waals surface area contributed by atoms with Gasteiger partial charge < -0.3 is 0 Å². The van der Waals surface area contributed by atoms with Crippen molar-refractivity contribution in [3.05, 3.63) is 87.5 Å². The highest BCUT2D eigenvalue weighted by molar-refractivity contribution is 6.12. The maximum absolute atomic E-state index is 14.3. The van der Waals surface area contributed by atoms with E-state index in [9.17, 15) is 4.79 Å². The van der Waals surface area contributed by atoms with Gasteiger partial charge in [0, 0.05) is 5.57 Å². The summed E-state index contributed by atoms with van der Waals surface area (Å²) in [5.74, 6) is 0.225. The third-order valence-corrected chi connectivity index (χ3v) is 6.74. The quantitative estimate of drug-likeness (QED) is 0.489. The van der Waals surface area contributed by atoms with E-state index in [2.05, 4.69) is 118 Å². The van der Waals surface area contributed by atoms with Gasteiger partial charge >= 0.3 is 0 Å². The van der Waals surface area contributed by atoms with Crippen molar-refractivity contribution in [3.8, 4) is 0 Å². The second kappa shape index (κ2) is 7.62.